The Morgan fingerprint density at radius 2 is 2.03 bits per heavy atom. The Hall–Kier alpha value is -3.92. The summed E-state index contributed by atoms with van der Waals surface area (Å²) in [5, 5.41) is 25.5. The van der Waals surface area contributed by atoms with Crippen molar-refractivity contribution in [3.8, 4) is 0 Å². The highest BCUT2D eigenvalue weighted by Crippen LogP contribution is 2.23. The topological polar surface area (TPSA) is 140 Å². The lowest BCUT2D eigenvalue weighted by Gasteiger charge is -2.09. The van der Waals surface area contributed by atoms with Crippen molar-refractivity contribution in [3.63, 3.8) is 0 Å². The van der Waals surface area contributed by atoms with Crippen LogP contribution in [0.15, 0.2) is 52.7 Å². The molecule has 0 atom stereocenters. The molecule has 0 aliphatic rings. The van der Waals surface area contributed by atoms with Crippen molar-refractivity contribution in [2.45, 2.75) is 13.5 Å². The molecule has 3 N–H and O–H groups in total. The average molecular weight is 412 g/mol. The van der Waals surface area contributed by atoms with Gasteiger partial charge in [-0.25, -0.2) is 0 Å². The van der Waals surface area contributed by atoms with Gasteiger partial charge in [-0.3, -0.25) is 19.7 Å². The Labute approximate surface area is 170 Å². The van der Waals surface area contributed by atoms with Gasteiger partial charge in [-0.05, 0) is 25.1 Å². The lowest BCUT2D eigenvalue weighted by atomic mass is 10.1. The van der Waals surface area contributed by atoms with Gasteiger partial charge in [0.25, 0.3) is 11.8 Å². The summed E-state index contributed by atoms with van der Waals surface area (Å²) in [5.41, 5.74) is 1.58. The third-order valence-electron chi connectivity index (χ3n) is 4.35. The van der Waals surface area contributed by atoms with Crippen molar-refractivity contribution < 1.29 is 24.0 Å². The Kier molecular flexibility index (Phi) is 6.28. The number of nitrogens with one attached hydrogen (secondary N) is 2. The van der Waals surface area contributed by atoms with Crippen LogP contribution < -0.4 is 10.6 Å². The number of benzene rings is 1. The van der Waals surface area contributed by atoms with Gasteiger partial charge >= 0.3 is 5.88 Å². The van der Waals surface area contributed by atoms with Gasteiger partial charge in [0, 0.05) is 35.8 Å². The highest BCUT2D eigenvalue weighted by molar-refractivity contribution is 6.06. The van der Waals surface area contributed by atoms with E-state index in [9.17, 15) is 19.7 Å². The van der Waals surface area contributed by atoms with Crippen LogP contribution >= 0.6 is 0 Å². The van der Waals surface area contributed by atoms with E-state index in [1.54, 1.807) is 0 Å². The molecule has 0 aliphatic carbocycles. The maximum atomic E-state index is 12.5. The maximum Gasteiger partial charge on any atom is 0.433 e. The Bertz CT molecular complexity index is 1130. The van der Waals surface area contributed by atoms with Crippen LogP contribution in [-0.2, 0) is 11.3 Å². The monoisotopic (exact) mass is 412 g/mol. The summed E-state index contributed by atoms with van der Waals surface area (Å²) in [5.74, 6) is -2.32. The van der Waals surface area contributed by atoms with Gasteiger partial charge in [-0.1, -0.05) is 18.2 Å². The second-order valence-electron chi connectivity index (χ2n) is 6.27. The summed E-state index contributed by atoms with van der Waals surface area (Å²) < 4.78 is 6.90. The van der Waals surface area contributed by atoms with E-state index in [2.05, 4.69) is 10.6 Å². The van der Waals surface area contributed by atoms with Gasteiger partial charge < -0.3 is 24.7 Å². The van der Waals surface area contributed by atoms with Gasteiger partial charge in [0.05, 0.1) is 12.7 Å². The maximum absolute atomic E-state index is 12.5. The van der Waals surface area contributed by atoms with Gasteiger partial charge in [0.1, 0.15) is 10.6 Å². The molecule has 10 nitrogen and oxygen atoms in total. The number of nitro groups is 1. The molecule has 0 spiro atoms. The number of aliphatic hydroxyl groups is 1. The third kappa shape index (κ3) is 4.39. The van der Waals surface area contributed by atoms with E-state index < -0.39 is 22.6 Å². The Balaban J connectivity index is 1.97. The van der Waals surface area contributed by atoms with E-state index in [4.69, 9.17) is 9.52 Å². The third-order valence-corrected chi connectivity index (χ3v) is 4.35. The van der Waals surface area contributed by atoms with Crippen LogP contribution in [0.5, 0.6) is 0 Å². The molecule has 1 aromatic carbocycles. The van der Waals surface area contributed by atoms with Crippen molar-refractivity contribution in [2.24, 2.45) is 0 Å². The summed E-state index contributed by atoms with van der Waals surface area (Å²) in [6.07, 6.45) is 3.37. The molecule has 2 aromatic heterocycles. The molecule has 0 aliphatic heterocycles. The van der Waals surface area contributed by atoms with Crippen LogP contribution in [0, 0.1) is 10.1 Å². The molecule has 30 heavy (non-hydrogen) atoms. The molecule has 0 unspecified atom stereocenters. The van der Waals surface area contributed by atoms with Crippen LogP contribution in [0.4, 0.5) is 5.88 Å². The predicted octanol–water partition coefficient (Wildman–Crippen LogP) is 2.04. The minimum absolute atomic E-state index is 0.00497. The molecule has 0 saturated heterocycles. The van der Waals surface area contributed by atoms with Crippen LogP contribution in [0.25, 0.3) is 17.0 Å². The number of para-hydroxylation sites is 1. The first kappa shape index (κ1) is 20.8. The smallest absolute Gasteiger partial charge is 0.395 e. The first-order chi connectivity index (χ1) is 14.4. The fourth-order valence-electron chi connectivity index (χ4n) is 2.96. The molecule has 3 aromatic rings. The highest BCUT2D eigenvalue weighted by atomic mass is 16.6. The van der Waals surface area contributed by atoms with E-state index in [0.29, 0.717) is 12.1 Å². The molecule has 156 valence electrons. The first-order valence-electron chi connectivity index (χ1n) is 9.18. The van der Waals surface area contributed by atoms with Crippen LogP contribution in [0.3, 0.4) is 0 Å². The largest absolute Gasteiger partial charge is 0.433 e. The Morgan fingerprint density at radius 1 is 1.27 bits per heavy atom. The van der Waals surface area contributed by atoms with E-state index in [1.807, 2.05) is 42.0 Å². The molecule has 10 heteroatoms. The van der Waals surface area contributed by atoms with E-state index in [0.717, 1.165) is 23.0 Å². The standard InChI is InChI=1S/C20H20N4O6/c1-2-23-12-13(14-5-3-4-6-16(14)23)11-15(19(26)21-9-10-25)22-20(27)17-7-8-18(30-17)24(28)29/h3-8,11-12,25H,2,9-10H2,1H3,(H,21,26)(H,22,27)/b15-11-. The van der Waals surface area contributed by atoms with Crippen molar-refractivity contribution >= 4 is 34.7 Å². The van der Waals surface area contributed by atoms with Crippen molar-refractivity contribution in [1.82, 2.24) is 15.2 Å². The van der Waals surface area contributed by atoms with Crippen molar-refractivity contribution in [2.75, 3.05) is 13.2 Å². The van der Waals surface area contributed by atoms with Gasteiger partial charge in [0.15, 0.2) is 5.76 Å². The number of carbonyl (C=O) groups excluding carboxylic acids is 2. The molecule has 2 amide bonds. The first-order valence-corrected chi connectivity index (χ1v) is 9.18. The molecular formula is C20H20N4O6. The number of hydrogen-bond donors (Lipinski definition) is 3. The molecule has 0 radical (unpaired) electrons. The normalized spacial score (nSPS) is 11.5. The number of nitrogens with zero attached hydrogens (tertiary/aromatic N) is 2. The summed E-state index contributed by atoms with van der Waals surface area (Å²) in [4.78, 5) is 35.0. The summed E-state index contributed by atoms with van der Waals surface area (Å²) in [6, 6.07) is 9.82. The quantitative estimate of drug-likeness (QED) is 0.294. The van der Waals surface area contributed by atoms with Gasteiger partial charge in [-0.2, -0.15) is 0 Å². The zero-order chi connectivity index (χ0) is 21.7. The molecule has 2 heterocycles. The number of carbonyl (C=O) groups is 2. The van der Waals surface area contributed by atoms with Crippen molar-refractivity contribution in [1.29, 1.82) is 0 Å². The fourth-order valence-corrected chi connectivity index (χ4v) is 2.96. The van der Waals surface area contributed by atoms with Crippen molar-refractivity contribution in [3.05, 3.63) is 69.7 Å². The molecule has 3 rings (SSSR count). The second-order valence-corrected chi connectivity index (χ2v) is 6.27. The van der Waals surface area contributed by atoms with E-state index in [1.165, 1.54) is 6.08 Å². The number of furan rings is 1. The number of aromatic nitrogens is 1. The molecule has 0 bridgehead atoms. The fraction of sp³-hybridized carbons (Fsp3) is 0.200. The SMILES string of the molecule is CCn1cc(/C=C(\NC(=O)c2ccc([N+](=O)[O-])o2)C(=O)NCCO)c2ccccc21. The zero-order valence-corrected chi connectivity index (χ0v) is 16.1. The van der Waals surface area contributed by atoms with Crippen LogP contribution in [0.2, 0.25) is 0 Å². The second kappa shape index (κ2) is 9.05. The number of amides is 2. The predicted molar refractivity (Wildman–Crippen MR) is 109 cm³/mol. The number of fused-ring (bicyclic) bond motifs is 1. The van der Waals surface area contributed by atoms with Crippen LogP contribution in [0.1, 0.15) is 23.0 Å². The number of aryl methyl sites for hydroxylation is 1. The lowest BCUT2D eigenvalue weighted by molar-refractivity contribution is -0.402. The van der Waals surface area contributed by atoms with Gasteiger partial charge in [-0.15, -0.1) is 0 Å². The number of rotatable bonds is 8. The Morgan fingerprint density at radius 3 is 2.70 bits per heavy atom. The molecule has 0 saturated carbocycles. The average Bonchev–Trinajstić information content (AvgIpc) is 3.37. The summed E-state index contributed by atoms with van der Waals surface area (Å²) in [7, 11) is 0. The minimum atomic E-state index is -0.812. The number of aliphatic hydroxyl groups excluding tert-OH is 1. The lowest BCUT2D eigenvalue weighted by Crippen LogP contribution is -2.36. The highest BCUT2D eigenvalue weighted by Gasteiger charge is 2.21. The van der Waals surface area contributed by atoms with E-state index >= 15 is 0 Å². The zero-order valence-electron chi connectivity index (χ0n) is 16.1. The van der Waals surface area contributed by atoms with E-state index in [-0.39, 0.29) is 24.6 Å². The summed E-state index contributed by atoms with van der Waals surface area (Å²) in [6.45, 7) is 2.42. The summed E-state index contributed by atoms with van der Waals surface area (Å²) >= 11 is 0. The number of hydrogen-bond acceptors (Lipinski definition) is 6. The van der Waals surface area contributed by atoms with Gasteiger partial charge in [0.2, 0.25) is 0 Å². The minimum Gasteiger partial charge on any atom is -0.395 e. The van der Waals surface area contributed by atoms with Crippen LogP contribution in [-0.4, -0.2) is 39.6 Å². The molecular weight excluding hydrogens is 392 g/mol. The molecule has 0 fully saturated rings.